The van der Waals surface area contributed by atoms with Crippen molar-refractivity contribution in [1.82, 2.24) is 5.32 Å². The molecule has 38 heavy (non-hydrogen) atoms. The molecule has 1 heterocycles. The van der Waals surface area contributed by atoms with Crippen LogP contribution in [0.4, 0.5) is 0 Å². The van der Waals surface area contributed by atoms with Gasteiger partial charge < -0.3 is 28.7 Å². The molecule has 0 aliphatic rings. The lowest BCUT2D eigenvalue weighted by molar-refractivity contribution is -0.123. The first-order valence-corrected chi connectivity index (χ1v) is 12.3. The van der Waals surface area contributed by atoms with Gasteiger partial charge in [0.25, 0.3) is 5.91 Å². The van der Waals surface area contributed by atoms with Crippen molar-refractivity contribution in [2.45, 2.75) is 20.3 Å². The first-order valence-electron chi connectivity index (χ1n) is 11.9. The van der Waals surface area contributed by atoms with Crippen molar-refractivity contribution in [3.63, 3.8) is 0 Å². The molecule has 1 N–H and O–H groups in total. The fourth-order valence-electron chi connectivity index (χ4n) is 3.93. The molecule has 0 spiro atoms. The molecule has 0 radical (unpaired) electrons. The van der Waals surface area contributed by atoms with Gasteiger partial charge in [-0.05, 0) is 73.4 Å². The van der Waals surface area contributed by atoms with Gasteiger partial charge in [0.15, 0.2) is 18.1 Å². The highest BCUT2D eigenvalue weighted by molar-refractivity contribution is 6.32. The molecule has 0 saturated heterocycles. The minimum atomic E-state index is -0.323. The van der Waals surface area contributed by atoms with Crippen LogP contribution in [0.2, 0.25) is 5.02 Å². The number of methoxy groups -OCH3 is 2. The maximum atomic E-state index is 12.9. The lowest BCUT2D eigenvalue weighted by Gasteiger charge is -2.11. The van der Waals surface area contributed by atoms with E-state index in [2.05, 4.69) is 5.32 Å². The van der Waals surface area contributed by atoms with Crippen molar-refractivity contribution in [2.75, 3.05) is 27.4 Å². The maximum absolute atomic E-state index is 12.9. The zero-order valence-corrected chi connectivity index (χ0v) is 22.3. The van der Waals surface area contributed by atoms with Gasteiger partial charge in [-0.15, -0.1) is 0 Å². The van der Waals surface area contributed by atoms with Gasteiger partial charge in [-0.2, -0.15) is 0 Å². The molecule has 1 amide bonds. The van der Waals surface area contributed by atoms with Crippen LogP contribution in [0.1, 0.15) is 16.7 Å². The Bertz CT molecular complexity index is 1510. The van der Waals surface area contributed by atoms with Crippen LogP contribution in [-0.2, 0) is 11.2 Å². The zero-order valence-electron chi connectivity index (χ0n) is 21.6. The van der Waals surface area contributed by atoms with Gasteiger partial charge in [0.1, 0.15) is 23.3 Å². The van der Waals surface area contributed by atoms with Gasteiger partial charge in [0, 0.05) is 17.6 Å². The Morgan fingerprint density at radius 2 is 1.66 bits per heavy atom. The third kappa shape index (κ3) is 6.20. The number of amides is 1. The van der Waals surface area contributed by atoms with E-state index >= 15 is 0 Å². The average Bonchev–Trinajstić information content (AvgIpc) is 2.92. The second-order valence-corrected chi connectivity index (χ2v) is 9.02. The summed E-state index contributed by atoms with van der Waals surface area (Å²) in [6.45, 7) is 3.98. The molecule has 3 aromatic carbocycles. The minimum Gasteiger partial charge on any atom is -0.493 e. The third-order valence-electron chi connectivity index (χ3n) is 5.91. The molecule has 0 bridgehead atoms. The first kappa shape index (κ1) is 26.9. The molecule has 9 heteroatoms. The Hall–Kier alpha value is -4.17. The van der Waals surface area contributed by atoms with Crippen molar-refractivity contribution in [3.8, 4) is 28.7 Å². The number of rotatable bonds is 10. The van der Waals surface area contributed by atoms with Crippen molar-refractivity contribution in [2.24, 2.45) is 0 Å². The predicted octanol–water partition coefficient (Wildman–Crippen LogP) is 5.61. The largest absolute Gasteiger partial charge is 0.493 e. The molecule has 4 rings (SSSR count). The Morgan fingerprint density at radius 1 is 0.921 bits per heavy atom. The summed E-state index contributed by atoms with van der Waals surface area (Å²) in [7, 11) is 3.16. The average molecular weight is 538 g/mol. The van der Waals surface area contributed by atoms with E-state index in [0.717, 1.165) is 16.7 Å². The summed E-state index contributed by atoms with van der Waals surface area (Å²) in [5.41, 5.74) is 2.68. The Kier molecular flexibility index (Phi) is 8.43. The number of ether oxygens (including phenoxy) is 4. The number of benzene rings is 3. The van der Waals surface area contributed by atoms with Gasteiger partial charge in [-0.1, -0.05) is 17.7 Å². The number of halogens is 1. The second kappa shape index (κ2) is 11.9. The summed E-state index contributed by atoms with van der Waals surface area (Å²) in [6.07, 6.45) is 1.88. The molecule has 0 fully saturated rings. The van der Waals surface area contributed by atoms with E-state index in [4.69, 9.17) is 35.0 Å². The van der Waals surface area contributed by atoms with Crippen LogP contribution in [0.3, 0.4) is 0 Å². The highest BCUT2D eigenvalue weighted by atomic mass is 35.5. The van der Waals surface area contributed by atoms with E-state index in [-0.39, 0.29) is 23.7 Å². The van der Waals surface area contributed by atoms with Gasteiger partial charge in [0.2, 0.25) is 11.2 Å². The predicted molar refractivity (Wildman–Crippen MR) is 145 cm³/mol. The van der Waals surface area contributed by atoms with Crippen LogP contribution >= 0.6 is 11.6 Å². The lowest BCUT2D eigenvalue weighted by atomic mass is 10.1. The smallest absolute Gasteiger partial charge is 0.257 e. The van der Waals surface area contributed by atoms with Gasteiger partial charge in [0.05, 0.1) is 19.6 Å². The number of hydrogen-bond acceptors (Lipinski definition) is 7. The highest BCUT2D eigenvalue weighted by Gasteiger charge is 2.13. The summed E-state index contributed by atoms with van der Waals surface area (Å²) < 4.78 is 27.5. The Morgan fingerprint density at radius 3 is 2.37 bits per heavy atom. The molecule has 0 aliphatic heterocycles. The summed E-state index contributed by atoms with van der Waals surface area (Å²) in [6, 6.07) is 13.9. The standard InChI is InChI=1S/C29H28ClNO7/c1-17-11-21(12-18(2)28(17)30)38-26-15-37-24-14-20(6-7-22(24)29(26)33)36-16-27(32)31-10-9-19-5-8-23(34-3)25(13-19)35-4/h5-8,11-15H,9-10,16H2,1-4H3,(H,31,32). The number of carbonyl (C=O) groups excluding carboxylic acids is 1. The van der Waals surface area contributed by atoms with E-state index in [0.29, 0.717) is 52.0 Å². The highest BCUT2D eigenvalue weighted by Crippen LogP contribution is 2.30. The van der Waals surface area contributed by atoms with Crippen LogP contribution < -0.4 is 29.7 Å². The summed E-state index contributed by atoms with van der Waals surface area (Å²) in [5.74, 6) is 1.96. The molecule has 4 aromatic rings. The fraction of sp³-hybridized carbons (Fsp3) is 0.241. The number of fused-ring (bicyclic) bond motifs is 1. The molecule has 1 aromatic heterocycles. The summed E-state index contributed by atoms with van der Waals surface area (Å²) >= 11 is 6.21. The second-order valence-electron chi connectivity index (χ2n) is 8.64. The van der Waals surface area contributed by atoms with E-state index < -0.39 is 0 Å². The monoisotopic (exact) mass is 537 g/mol. The van der Waals surface area contributed by atoms with E-state index in [1.807, 2.05) is 32.0 Å². The van der Waals surface area contributed by atoms with Crippen molar-refractivity contribution in [3.05, 3.63) is 86.7 Å². The molecule has 0 atom stereocenters. The van der Waals surface area contributed by atoms with E-state index in [9.17, 15) is 9.59 Å². The van der Waals surface area contributed by atoms with Gasteiger partial charge in [-0.3, -0.25) is 9.59 Å². The lowest BCUT2D eigenvalue weighted by Crippen LogP contribution is -2.30. The molecule has 0 saturated carbocycles. The van der Waals surface area contributed by atoms with E-state index in [1.165, 1.54) is 6.26 Å². The molecule has 0 aliphatic carbocycles. The fourth-order valence-corrected chi connectivity index (χ4v) is 4.03. The van der Waals surface area contributed by atoms with Crippen molar-refractivity contribution < 1.29 is 28.2 Å². The molecular formula is C29H28ClNO7. The van der Waals surface area contributed by atoms with Crippen molar-refractivity contribution >= 4 is 28.5 Å². The van der Waals surface area contributed by atoms with Gasteiger partial charge in [-0.25, -0.2) is 0 Å². The Labute approximate surface area is 225 Å². The molecule has 8 nitrogen and oxygen atoms in total. The molecule has 198 valence electrons. The maximum Gasteiger partial charge on any atom is 0.257 e. The quantitative estimate of drug-likeness (QED) is 0.281. The summed E-state index contributed by atoms with van der Waals surface area (Å²) in [4.78, 5) is 25.2. The minimum absolute atomic E-state index is 0.0566. The van der Waals surface area contributed by atoms with Gasteiger partial charge >= 0.3 is 0 Å². The van der Waals surface area contributed by atoms with Crippen LogP contribution in [0.5, 0.6) is 28.7 Å². The van der Waals surface area contributed by atoms with Crippen LogP contribution in [-0.4, -0.2) is 33.3 Å². The normalized spacial score (nSPS) is 10.8. The van der Waals surface area contributed by atoms with E-state index in [1.54, 1.807) is 44.6 Å². The van der Waals surface area contributed by atoms with Crippen molar-refractivity contribution in [1.29, 1.82) is 0 Å². The Balaban J connectivity index is 1.34. The number of carbonyl (C=O) groups is 1. The summed E-state index contributed by atoms with van der Waals surface area (Å²) in [5, 5.41) is 3.81. The number of nitrogens with one attached hydrogen (secondary N) is 1. The first-order chi connectivity index (χ1) is 18.3. The number of hydrogen-bond donors (Lipinski definition) is 1. The SMILES string of the molecule is COc1ccc(CCNC(=O)COc2ccc3c(=O)c(Oc4cc(C)c(Cl)c(C)c4)coc3c2)cc1OC. The third-order valence-corrected chi connectivity index (χ3v) is 6.50. The van der Waals surface area contributed by atoms with Crippen LogP contribution in [0, 0.1) is 13.8 Å². The molecule has 0 unspecified atom stereocenters. The molecular weight excluding hydrogens is 510 g/mol. The van der Waals surface area contributed by atoms with Crippen LogP contribution in [0.25, 0.3) is 11.0 Å². The number of aryl methyl sites for hydroxylation is 2. The zero-order chi connectivity index (χ0) is 27.2. The topological polar surface area (TPSA) is 96.2 Å². The van der Waals surface area contributed by atoms with Crippen LogP contribution in [0.15, 0.2) is 64.0 Å².